The Morgan fingerprint density at radius 3 is 2.70 bits per heavy atom. The van der Waals surface area contributed by atoms with Gasteiger partial charge >= 0.3 is 0 Å². The van der Waals surface area contributed by atoms with E-state index in [9.17, 15) is 8.42 Å². The zero-order chi connectivity index (χ0) is 16.0. The van der Waals surface area contributed by atoms with Crippen LogP contribution in [0.1, 0.15) is 11.3 Å². The molecule has 0 saturated heterocycles. The fraction of sp³-hybridized carbons (Fsp3) is 0.125. The van der Waals surface area contributed by atoms with Crippen molar-refractivity contribution in [2.75, 3.05) is 5.73 Å². The van der Waals surface area contributed by atoms with Gasteiger partial charge in [-0.25, -0.2) is 18.4 Å². The second kappa shape index (κ2) is 5.00. The van der Waals surface area contributed by atoms with Crippen LogP contribution >= 0.6 is 0 Å². The standard InChI is InChI=1S/C16H14N4O2S/c17-16-18-8-12-9-20(10-14(12)19-16)23(21,22)15-7-3-5-11-4-1-2-6-13(11)15/h1-8H,9-10H2,(H2,17,18,19). The number of fused-ring (bicyclic) bond motifs is 2. The van der Waals surface area contributed by atoms with E-state index in [2.05, 4.69) is 9.97 Å². The summed E-state index contributed by atoms with van der Waals surface area (Å²) in [6, 6.07) is 12.8. The van der Waals surface area contributed by atoms with Gasteiger partial charge in [0.2, 0.25) is 16.0 Å². The largest absolute Gasteiger partial charge is 0.368 e. The lowest BCUT2D eigenvalue weighted by molar-refractivity contribution is 0.430. The SMILES string of the molecule is Nc1ncc2c(n1)CN(S(=O)(=O)c1cccc3ccccc13)C2. The Bertz CT molecular complexity index is 1010. The van der Waals surface area contributed by atoms with Crippen LogP contribution in [0, 0.1) is 0 Å². The molecular formula is C16H14N4O2S. The van der Waals surface area contributed by atoms with Gasteiger partial charge in [-0.1, -0.05) is 36.4 Å². The zero-order valence-electron chi connectivity index (χ0n) is 12.2. The van der Waals surface area contributed by atoms with Crippen molar-refractivity contribution < 1.29 is 8.42 Å². The summed E-state index contributed by atoms with van der Waals surface area (Å²) < 4.78 is 27.5. The maximum absolute atomic E-state index is 13.0. The van der Waals surface area contributed by atoms with Gasteiger partial charge in [0.15, 0.2) is 0 Å². The van der Waals surface area contributed by atoms with E-state index in [4.69, 9.17) is 5.73 Å². The number of sulfonamides is 1. The van der Waals surface area contributed by atoms with Gasteiger partial charge in [-0.2, -0.15) is 4.31 Å². The molecule has 0 atom stereocenters. The minimum atomic E-state index is -3.62. The molecule has 1 aliphatic rings. The summed E-state index contributed by atoms with van der Waals surface area (Å²) in [6.07, 6.45) is 1.59. The van der Waals surface area contributed by atoms with Gasteiger partial charge in [0.05, 0.1) is 17.1 Å². The zero-order valence-corrected chi connectivity index (χ0v) is 13.0. The highest BCUT2D eigenvalue weighted by Crippen LogP contribution is 2.31. The van der Waals surface area contributed by atoms with Crippen LogP contribution in [-0.4, -0.2) is 22.7 Å². The van der Waals surface area contributed by atoms with Gasteiger partial charge in [0, 0.05) is 23.7 Å². The van der Waals surface area contributed by atoms with Crippen molar-refractivity contribution >= 4 is 26.7 Å². The second-order valence-electron chi connectivity index (χ2n) is 5.45. The number of nitrogens with zero attached hydrogens (tertiary/aromatic N) is 3. The molecule has 0 spiro atoms. The fourth-order valence-corrected chi connectivity index (χ4v) is 4.46. The molecule has 0 unspecified atom stereocenters. The average Bonchev–Trinajstić information content (AvgIpc) is 2.98. The molecule has 0 radical (unpaired) electrons. The highest BCUT2D eigenvalue weighted by Gasteiger charge is 2.32. The van der Waals surface area contributed by atoms with E-state index < -0.39 is 10.0 Å². The van der Waals surface area contributed by atoms with Crippen molar-refractivity contribution in [3.63, 3.8) is 0 Å². The highest BCUT2D eigenvalue weighted by atomic mass is 32.2. The number of rotatable bonds is 2. The number of hydrogen-bond donors (Lipinski definition) is 1. The van der Waals surface area contributed by atoms with E-state index in [0.29, 0.717) is 10.6 Å². The van der Waals surface area contributed by atoms with E-state index in [1.165, 1.54) is 4.31 Å². The van der Waals surface area contributed by atoms with Crippen molar-refractivity contribution in [1.82, 2.24) is 14.3 Å². The molecule has 1 aromatic heterocycles. The maximum atomic E-state index is 13.0. The van der Waals surface area contributed by atoms with E-state index in [0.717, 1.165) is 16.3 Å². The first-order chi connectivity index (χ1) is 11.1. The molecule has 0 aliphatic carbocycles. The summed E-state index contributed by atoms with van der Waals surface area (Å²) in [5.74, 6) is 0.160. The van der Waals surface area contributed by atoms with Crippen LogP contribution < -0.4 is 5.73 Å². The summed E-state index contributed by atoms with van der Waals surface area (Å²) in [6.45, 7) is 0.481. The Morgan fingerprint density at radius 1 is 1.04 bits per heavy atom. The lowest BCUT2D eigenvalue weighted by Crippen LogP contribution is -2.26. The molecule has 1 aliphatic heterocycles. The van der Waals surface area contributed by atoms with Gasteiger partial charge in [-0.3, -0.25) is 0 Å². The topological polar surface area (TPSA) is 89.2 Å². The number of anilines is 1. The minimum Gasteiger partial charge on any atom is -0.368 e. The molecular weight excluding hydrogens is 312 g/mol. The summed E-state index contributed by atoms with van der Waals surface area (Å²) in [7, 11) is -3.62. The molecule has 2 aromatic carbocycles. The molecule has 2 N–H and O–H groups in total. The van der Waals surface area contributed by atoms with Gasteiger partial charge in [-0.05, 0) is 11.5 Å². The summed E-state index contributed by atoms with van der Waals surface area (Å²) >= 11 is 0. The van der Waals surface area contributed by atoms with Gasteiger partial charge in [-0.15, -0.1) is 0 Å². The highest BCUT2D eigenvalue weighted by molar-refractivity contribution is 7.89. The Balaban J connectivity index is 1.80. The Morgan fingerprint density at radius 2 is 1.83 bits per heavy atom. The quantitative estimate of drug-likeness (QED) is 0.777. The van der Waals surface area contributed by atoms with Crippen LogP contribution in [0.5, 0.6) is 0 Å². The van der Waals surface area contributed by atoms with Crippen LogP contribution in [0.15, 0.2) is 53.6 Å². The van der Waals surface area contributed by atoms with Crippen molar-refractivity contribution in [2.45, 2.75) is 18.0 Å². The first-order valence-corrected chi connectivity index (χ1v) is 8.58. The molecule has 3 aromatic rings. The van der Waals surface area contributed by atoms with Crippen LogP contribution in [0.3, 0.4) is 0 Å². The summed E-state index contributed by atoms with van der Waals surface area (Å²) in [5, 5.41) is 1.62. The lowest BCUT2D eigenvalue weighted by Gasteiger charge is -2.16. The molecule has 116 valence electrons. The van der Waals surface area contributed by atoms with Crippen molar-refractivity contribution in [1.29, 1.82) is 0 Å². The third-order valence-corrected chi connectivity index (χ3v) is 5.86. The molecule has 0 amide bonds. The van der Waals surface area contributed by atoms with Crippen molar-refractivity contribution in [2.24, 2.45) is 0 Å². The molecule has 23 heavy (non-hydrogen) atoms. The number of aromatic nitrogens is 2. The number of nitrogens with two attached hydrogens (primary N) is 1. The predicted octanol–water partition coefficient (Wildman–Crippen LogP) is 1.92. The third-order valence-electron chi connectivity index (χ3n) is 4.01. The van der Waals surface area contributed by atoms with Crippen molar-refractivity contribution in [3.8, 4) is 0 Å². The number of nitrogen functional groups attached to an aromatic ring is 1. The molecule has 0 fully saturated rings. The smallest absolute Gasteiger partial charge is 0.244 e. The molecule has 4 rings (SSSR count). The summed E-state index contributed by atoms with van der Waals surface area (Å²) in [4.78, 5) is 8.38. The lowest BCUT2D eigenvalue weighted by atomic mass is 10.1. The van der Waals surface area contributed by atoms with E-state index in [1.54, 1.807) is 18.3 Å². The first-order valence-electron chi connectivity index (χ1n) is 7.14. The Hall–Kier alpha value is -2.51. The van der Waals surface area contributed by atoms with Gasteiger partial charge in [0.1, 0.15) is 0 Å². The molecule has 0 bridgehead atoms. The van der Waals surface area contributed by atoms with Crippen LogP contribution in [0.2, 0.25) is 0 Å². The summed E-state index contributed by atoms with van der Waals surface area (Å²) in [5.41, 5.74) is 7.04. The van der Waals surface area contributed by atoms with Crippen LogP contribution in [0.4, 0.5) is 5.95 Å². The monoisotopic (exact) mass is 326 g/mol. The maximum Gasteiger partial charge on any atom is 0.244 e. The predicted molar refractivity (Wildman–Crippen MR) is 86.8 cm³/mol. The van der Waals surface area contributed by atoms with E-state index >= 15 is 0 Å². The van der Waals surface area contributed by atoms with Crippen molar-refractivity contribution in [3.05, 3.63) is 59.9 Å². The fourth-order valence-electron chi connectivity index (χ4n) is 2.87. The average molecular weight is 326 g/mol. The molecule has 6 nitrogen and oxygen atoms in total. The molecule has 0 saturated carbocycles. The van der Waals surface area contributed by atoms with Gasteiger partial charge < -0.3 is 5.73 Å². The van der Waals surface area contributed by atoms with Crippen LogP contribution in [-0.2, 0) is 23.1 Å². The molecule has 2 heterocycles. The Labute approximate surface area is 133 Å². The minimum absolute atomic E-state index is 0.160. The van der Waals surface area contributed by atoms with E-state index in [-0.39, 0.29) is 19.0 Å². The molecule has 7 heteroatoms. The van der Waals surface area contributed by atoms with Crippen LogP contribution in [0.25, 0.3) is 10.8 Å². The number of hydrogen-bond acceptors (Lipinski definition) is 5. The second-order valence-corrected chi connectivity index (χ2v) is 7.36. The van der Waals surface area contributed by atoms with E-state index in [1.807, 2.05) is 30.3 Å². The first kappa shape index (κ1) is 14.1. The van der Waals surface area contributed by atoms with Gasteiger partial charge in [0.25, 0.3) is 0 Å². The number of benzene rings is 2. The third kappa shape index (κ3) is 2.25. The Kier molecular flexibility index (Phi) is 3.07. The normalized spacial score (nSPS) is 15.0.